The Kier molecular flexibility index (Phi) is 7.29. The van der Waals surface area contributed by atoms with E-state index in [-0.39, 0.29) is 12.5 Å². The third kappa shape index (κ3) is 5.96. The van der Waals surface area contributed by atoms with Gasteiger partial charge in [0.2, 0.25) is 0 Å². The molecule has 1 amide bonds. The molecule has 0 atom stereocenters. The Morgan fingerprint density at radius 2 is 1.93 bits per heavy atom. The first-order valence-corrected chi connectivity index (χ1v) is 10.3. The van der Waals surface area contributed by atoms with Gasteiger partial charge < -0.3 is 10.1 Å². The first kappa shape index (κ1) is 21.6. The van der Waals surface area contributed by atoms with Crippen molar-refractivity contribution < 1.29 is 9.53 Å². The average molecular weight is 482 g/mol. The molecule has 0 aliphatic carbocycles. The van der Waals surface area contributed by atoms with Crippen LogP contribution in [0.3, 0.4) is 0 Å². The van der Waals surface area contributed by atoms with Gasteiger partial charge in [0, 0.05) is 10.7 Å². The zero-order chi connectivity index (χ0) is 21.5. The van der Waals surface area contributed by atoms with Crippen LogP contribution in [0.15, 0.2) is 71.2 Å². The summed E-state index contributed by atoms with van der Waals surface area (Å²) >= 11 is 9.38. The largest absolute Gasteiger partial charge is 0.483 e. The molecular formula is C24H18BrClN2O2. The van der Waals surface area contributed by atoms with Gasteiger partial charge in [0.15, 0.2) is 6.61 Å². The van der Waals surface area contributed by atoms with Crippen LogP contribution in [-0.2, 0) is 4.79 Å². The Morgan fingerprint density at radius 3 is 2.60 bits per heavy atom. The number of hydrogen-bond acceptors (Lipinski definition) is 3. The number of carbonyl (C=O) groups is 1. The molecule has 3 aromatic carbocycles. The van der Waals surface area contributed by atoms with Crippen LogP contribution in [0.1, 0.15) is 16.7 Å². The van der Waals surface area contributed by atoms with E-state index in [2.05, 4.69) is 27.3 Å². The third-order valence-electron chi connectivity index (χ3n) is 4.20. The normalized spacial score (nSPS) is 10.9. The monoisotopic (exact) mass is 480 g/mol. The van der Waals surface area contributed by atoms with Gasteiger partial charge in [-0.05, 0) is 82.0 Å². The molecule has 0 unspecified atom stereocenters. The van der Waals surface area contributed by atoms with Gasteiger partial charge in [0.1, 0.15) is 5.75 Å². The van der Waals surface area contributed by atoms with E-state index in [9.17, 15) is 10.1 Å². The van der Waals surface area contributed by atoms with Crippen LogP contribution in [0.25, 0.3) is 11.6 Å². The maximum absolute atomic E-state index is 12.1. The number of hydrogen-bond donors (Lipinski definition) is 1. The fraction of sp³-hybridized carbons (Fsp3) is 0.0833. The van der Waals surface area contributed by atoms with E-state index in [1.807, 2.05) is 43.3 Å². The number of nitriles is 1. The Bertz CT molecular complexity index is 1130. The topological polar surface area (TPSA) is 62.1 Å². The molecule has 0 saturated heterocycles. The van der Waals surface area contributed by atoms with Crippen molar-refractivity contribution in [1.82, 2.24) is 0 Å². The number of carbonyl (C=O) groups excluding carboxylic acids is 1. The molecule has 0 heterocycles. The lowest BCUT2D eigenvalue weighted by molar-refractivity contribution is -0.118. The molecule has 6 heteroatoms. The van der Waals surface area contributed by atoms with Gasteiger partial charge in [-0.3, -0.25) is 4.79 Å². The molecule has 0 aliphatic rings. The van der Waals surface area contributed by atoms with Gasteiger partial charge in [-0.2, -0.15) is 5.26 Å². The lowest BCUT2D eigenvalue weighted by atomic mass is 10.0. The van der Waals surface area contributed by atoms with Crippen LogP contribution in [0.2, 0.25) is 5.02 Å². The van der Waals surface area contributed by atoms with Crippen molar-refractivity contribution in [3.8, 4) is 11.8 Å². The van der Waals surface area contributed by atoms with Crippen molar-refractivity contribution >= 4 is 50.8 Å². The summed E-state index contributed by atoms with van der Waals surface area (Å²) in [5, 5.41) is 12.9. The highest BCUT2D eigenvalue weighted by Gasteiger charge is 2.08. The second kappa shape index (κ2) is 10.1. The van der Waals surface area contributed by atoms with Crippen molar-refractivity contribution in [3.63, 3.8) is 0 Å². The predicted octanol–water partition coefficient (Wildman–Crippen LogP) is 6.49. The Morgan fingerprint density at radius 1 is 1.17 bits per heavy atom. The van der Waals surface area contributed by atoms with Gasteiger partial charge in [0.05, 0.1) is 16.1 Å². The highest BCUT2D eigenvalue weighted by Crippen LogP contribution is 2.28. The highest BCUT2D eigenvalue weighted by atomic mass is 79.9. The zero-order valence-corrected chi connectivity index (χ0v) is 18.5. The number of ether oxygens (including phenoxy) is 1. The molecule has 3 aromatic rings. The number of anilines is 1. The molecule has 0 aromatic heterocycles. The lowest BCUT2D eigenvalue weighted by Crippen LogP contribution is -2.20. The maximum Gasteiger partial charge on any atom is 0.262 e. The highest BCUT2D eigenvalue weighted by molar-refractivity contribution is 9.10. The fourth-order valence-corrected chi connectivity index (χ4v) is 3.40. The molecule has 3 rings (SSSR count). The lowest BCUT2D eigenvalue weighted by Gasteiger charge is -2.10. The van der Waals surface area contributed by atoms with Gasteiger partial charge in [0.25, 0.3) is 5.91 Å². The van der Waals surface area contributed by atoms with E-state index in [0.29, 0.717) is 20.8 Å². The van der Waals surface area contributed by atoms with Crippen molar-refractivity contribution in [2.75, 3.05) is 11.9 Å². The number of benzene rings is 3. The number of nitrogens with one attached hydrogen (secondary N) is 1. The SMILES string of the molecule is Cc1cccc(NC(=O)COc2ccc(/C=C(\C#N)c3ccc(Cl)cc3)cc2Br)c1. The number of halogens is 2. The zero-order valence-electron chi connectivity index (χ0n) is 16.2. The fourth-order valence-electron chi connectivity index (χ4n) is 2.76. The van der Waals surface area contributed by atoms with E-state index in [1.165, 1.54) is 0 Å². The molecule has 4 nitrogen and oxygen atoms in total. The van der Waals surface area contributed by atoms with Crippen molar-refractivity contribution in [2.24, 2.45) is 0 Å². The average Bonchev–Trinajstić information content (AvgIpc) is 2.72. The van der Waals surface area contributed by atoms with Gasteiger partial charge >= 0.3 is 0 Å². The number of aryl methyl sites for hydroxylation is 1. The van der Waals surface area contributed by atoms with Crippen molar-refractivity contribution in [2.45, 2.75) is 6.92 Å². The van der Waals surface area contributed by atoms with E-state index < -0.39 is 0 Å². The van der Waals surface area contributed by atoms with E-state index in [1.54, 1.807) is 36.4 Å². The minimum atomic E-state index is -0.244. The van der Waals surface area contributed by atoms with Crippen LogP contribution >= 0.6 is 27.5 Å². The van der Waals surface area contributed by atoms with E-state index >= 15 is 0 Å². The van der Waals surface area contributed by atoms with Gasteiger partial charge in [-0.1, -0.05) is 41.9 Å². The molecule has 0 spiro atoms. The van der Waals surface area contributed by atoms with Crippen molar-refractivity contribution in [3.05, 3.63) is 92.9 Å². The predicted molar refractivity (Wildman–Crippen MR) is 124 cm³/mol. The second-order valence-electron chi connectivity index (χ2n) is 6.57. The molecule has 0 radical (unpaired) electrons. The Labute approximate surface area is 188 Å². The van der Waals surface area contributed by atoms with E-state index in [0.717, 1.165) is 22.4 Å². The number of nitrogens with zero attached hydrogens (tertiary/aromatic N) is 1. The summed E-state index contributed by atoms with van der Waals surface area (Å²) in [6.07, 6.45) is 1.78. The first-order chi connectivity index (χ1) is 14.4. The number of allylic oxidation sites excluding steroid dienone is 1. The molecule has 0 aliphatic heterocycles. The molecule has 30 heavy (non-hydrogen) atoms. The Balaban J connectivity index is 1.66. The summed E-state index contributed by atoms with van der Waals surface area (Å²) in [5.74, 6) is 0.294. The smallest absolute Gasteiger partial charge is 0.262 e. The first-order valence-electron chi connectivity index (χ1n) is 9.11. The third-order valence-corrected chi connectivity index (χ3v) is 5.07. The van der Waals surface area contributed by atoms with E-state index in [4.69, 9.17) is 16.3 Å². The minimum Gasteiger partial charge on any atom is -0.483 e. The second-order valence-corrected chi connectivity index (χ2v) is 7.86. The molecular weight excluding hydrogens is 464 g/mol. The van der Waals surface area contributed by atoms with Crippen molar-refractivity contribution in [1.29, 1.82) is 5.26 Å². The quantitative estimate of drug-likeness (QED) is 0.323. The van der Waals surface area contributed by atoms with Gasteiger partial charge in [-0.15, -0.1) is 0 Å². The van der Waals surface area contributed by atoms with Gasteiger partial charge in [-0.25, -0.2) is 0 Å². The minimum absolute atomic E-state index is 0.115. The summed E-state index contributed by atoms with van der Waals surface area (Å²) in [5.41, 5.74) is 3.92. The summed E-state index contributed by atoms with van der Waals surface area (Å²) in [6.45, 7) is 1.85. The number of rotatable bonds is 6. The summed E-state index contributed by atoms with van der Waals surface area (Å²) in [6, 6.07) is 22.3. The molecule has 0 fully saturated rings. The Hall–Kier alpha value is -3.07. The molecule has 150 valence electrons. The van der Waals surface area contributed by atoms with Crippen LogP contribution < -0.4 is 10.1 Å². The molecule has 0 bridgehead atoms. The number of amides is 1. The van der Waals surface area contributed by atoms with Crippen LogP contribution in [-0.4, -0.2) is 12.5 Å². The summed E-state index contributed by atoms with van der Waals surface area (Å²) in [7, 11) is 0. The maximum atomic E-state index is 12.1. The standard InChI is InChI=1S/C24H18BrClN2O2/c1-16-3-2-4-21(11-16)28-24(29)15-30-23-10-5-17(13-22(23)25)12-19(14-27)18-6-8-20(26)9-7-18/h2-13H,15H2,1H3,(H,28,29)/b19-12+. The summed E-state index contributed by atoms with van der Waals surface area (Å²) in [4.78, 5) is 12.1. The van der Waals surface area contributed by atoms with Crippen LogP contribution in [0, 0.1) is 18.3 Å². The summed E-state index contributed by atoms with van der Waals surface area (Å²) < 4.78 is 6.31. The molecule has 0 saturated carbocycles. The van der Waals surface area contributed by atoms with Crippen LogP contribution in [0.4, 0.5) is 5.69 Å². The van der Waals surface area contributed by atoms with Crippen LogP contribution in [0.5, 0.6) is 5.75 Å². The molecule has 1 N–H and O–H groups in total.